The van der Waals surface area contributed by atoms with Crippen LogP contribution in [0.25, 0.3) is 11.1 Å². The topological polar surface area (TPSA) is 93.9 Å². The minimum Gasteiger partial charge on any atom is -0.544 e. The van der Waals surface area contributed by atoms with E-state index in [9.17, 15) is 9.59 Å². The standard InChI is InChI=1S/C42H49N3O4Si/c1-41(2,3)48-40(47)39(38(34-22-16-11-17-23-34)37(32-18-12-9-13-19-32)33-20-14-10-15-21-33)45(36(46)30-43)44-29-28-31-24-26-35(27-25-31)49-50(7,8)42(4,5)6/h9-27,39,44H,30,43H2,1-8H3/t39-/m1/s1. The first-order valence-corrected chi connectivity index (χ1v) is 19.7. The Hall–Kier alpha value is -5.10. The molecule has 1 atom stereocenters. The van der Waals surface area contributed by atoms with E-state index < -0.39 is 31.8 Å². The Morgan fingerprint density at radius 2 is 1.24 bits per heavy atom. The molecule has 0 saturated heterocycles. The molecule has 1 amide bonds. The van der Waals surface area contributed by atoms with Crippen molar-refractivity contribution in [3.05, 3.63) is 138 Å². The number of nitrogens with zero attached hydrogens (tertiary/aromatic N) is 1. The molecule has 0 bridgehead atoms. The lowest BCUT2D eigenvalue weighted by atomic mass is 9.85. The molecule has 0 aliphatic heterocycles. The lowest BCUT2D eigenvalue weighted by Crippen LogP contribution is -2.55. The van der Waals surface area contributed by atoms with Crippen LogP contribution in [0.4, 0.5) is 0 Å². The second-order valence-corrected chi connectivity index (χ2v) is 19.3. The third-order valence-electron chi connectivity index (χ3n) is 8.50. The molecule has 50 heavy (non-hydrogen) atoms. The van der Waals surface area contributed by atoms with Crippen molar-refractivity contribution in [2.45, 2.75) is 71.3 Å². The monoisotopic (exact) mass is 687 g/mol. The fourth-order valence-corrected chi connectivity index (χ4v) is 6.07. The Kier molecular flexibility index (Phi) is 12.1. The van der Waals surface area contributed by atoms with Crippen molar-refractivity contribution in [3.63, 3.8) is 0 Å². The van der Waals surface area contributed by atoms with Gasteiger partial charge in [0.2, 0.25) is 8.32 Å². The maximum Gasteiger partial charge on any atom is 0.336 e. The van der Waals surface area contributed by atoms with E-state index in [1.807, 2.05) is 115 Å². The maximum atomic E-state index is 14.5. The molecule has 7 nitrogen and oxygen atoms in total. The number of amides is 1. The van der Waals surface area contributed by atoms with Crippen molar-refractivity contribution in [1.29, 1.82) is 0 Å². The number of carbonyl (C=O) groups excluding carboxylic acids is 2. The van der Waals surface area contributed by atoms with Gasteiger partial charge >= 0.3 is 5.97 Å². The molecule has 4 rings (SSSR count). The highest BCUT2D eigenvalue weighted by Crippen LogP contribution is 2.38. The highest BCUT2D eigenvalue weighted by Gasteiger charge is 2.40. The van der Waals surface area contributed by atoms with Crippen LogP contribution in [0.15, 0.2) is 115 Å². The van der Waals surface area contributed by atoms with Crippen LogP contribution in [0.5, 0.6) is 5.75 Å². The molecule has 4 aromatic carbocycles. The molecule has 8 heteroatoms. The van der Waals surface area contributed by atoms with Crippen molar-refractivity contribution in [1.82, 2.24) is 10.4 Å². The molecular formula is C42H49N3O4Si. The van der Waals surface area contributed by atoms with Gasteiger partial charge < -0.3 is 14.9 Å². The van der Waals surface area contributed by atoms with E-state index in [-0.39, 0.29) is 11.6 Å². The van der Waals surface area contributed by atoms with Crippen molar-refractivity contribution in [3.8, 4) is 17.7 Å². The van der Waals surface area contributed by atoms with E-state index in [1.54, 1.807) is 20.8 Å². The molecule has 0 spiro atoms. The largest absolute Gasteiger partial charge is 0.544 e. The number of nitrogens with one attached hydrogen (secondary N) is 1. The van der Waals surface area contributed by atoms with Crippen molar-refractivity contribution < 1.29 is 18.8 Å². The van der Waals surface area contributed by atoms with E-state index in [2.05, 4.69) is 51.3 Å². The SMILES string of the molecule is CC(C)(C)OC(=O)[C@@H](C(=C(c1ccccc1)c1ccccc1)c1ccccc1)N(NC#Cc1ccc(O[Si](C)(C)C(C)(C)C)cc1)C(=O)CN. The average Bonchev–Trinajstić information content (AvgIpc) is 3.07. The Morgan fingerprint density at radius 3 is 1.68 bits per heavy atom. The Bertz CT molecular complexity index is 1790. The van der Waals surface area contributed by atoms with Gasteiger partial charge in [-0.1, -0.05) is 112 Å². The van der Waals surface area contributed by atoms with Crippen molar-refractivity contribution in [2.24, 2.45) is 5.73 Å². The first-order chi connectivity index (χ1) is 23.6. The van der Waals surface area contributed by atoms with Gasteiger partial charge in [0.25, 0.3) is 5.91 Å². The van der Waals surface area contributed by atoms with Gasteiger partial charge in [-0.3, -0.25) is 10.2 Å². The summed E-state index contributed by atoms with van der Waals surface area (Å²) < 4.78 is 12.5. The van der Waals surface area contributed by atoms with Crippen LogP contribution in [0.3, 0.4) is 0 Å². The zero-order valence-electron chi connectivity index (χ0n) is 30.4. The van der Waals surface area contributed by atoms with Crippen LogP contribution in [0.1, 0.15) is 63.8 Å². The van der Waals surface area contributed by atoms with Gasteiger partial charge in [0.15, 0.2) is 6.04 Å². The number of carbonyl (C=O) groups is 2. The summed E-state index contributed by atoms with van der Waals surface area (Å²) in [6.45, 7) is 16.0. The van der Waals surface area contributed by atoms with Crippen LogP contribution in [0, 0.1) is 12.0 Å². The molecule has 4 aromatic rings. The molecule has 3 N–H and O–H groups in total. The smallest absolute Gasteiger partial charge is 0.336 e. The Morgan fingerprint density at radius 1 is 0.760 bits per heavy atom. The lowest BCUT2D eigenvalue weighted by Gasteiger charge is -2.36. The van der Waals surface area contributed by atoms with E-state index in [0.717, 1.165) is 28.0 Å². The summed E-state index contributed by atoms with van der Waals surface area (Å²) in [5, 5.41) is 1.26. The predicted octanol–water partition coefficient (Wildman–Crippen LogP) is 8.04. The van der Waals surface area contributed by atoms with E-state index in [4.69, 9.17) is 14.9 Å². The highest BCUT2D eigenvalue weighted by atomic mass is 28.4. The quantitative estimate of drug-likeness (QED) is 0.0438. The average molecular weight is 688 g/mol. The zero-order chi connectivity index (χ0) is 36.5. The Labute approximate surface area is 298 Å². The maximum absolute atomic E-state index is 14.5. The first kappa shape index (κ1) is 37.7. The molecule has 0 fully saturated rings. The van der Waals surface area contributed by atoms with Crippen molar-refractivity contribution in [2.75, 3.05) is 6.54 Å². The summed E-state index contributed by atoms with van der Waals surface area (Å²) >= 11 is 0. The van der Waals surface area contributed by atoms with E-state index in [1.165, 1.54) is 5.01 Å². The molecule has 0 unspecified atom stereocenters. The van der Waals surface area contributed by atoms with Crippen LogP contribution in [0.2, 0.25) is 18.1 Å². The minimum atomic E-state index is -2.01. The summed E-state index contributed by atoms with van der Waals surface area (Å²) in [5.74, 6) is 2.69. The van der Waals surface area contributed by atoms with Crippen LogP contribution >= 0.6 is 0 Å². The lowest BCUT2D eigenvalue weighted by molar-refractivity contribution is -0.163. The number of nitrogens with two attached hydrogens (primary N) is 1. The van der Waals surface area contributed by atoms with Gasteiger partial charge in [-0.25, -0.2) is 9.80 Å². The van der Waals surface area contributed by atoms with Gasteiger partial charge in [-0.05, 0) is 91.4 Å². The highest BCUT2D eigenvalue weighted by molar-refractivity contribution is 6.74. The fourth-order valence-electron chi connectivity index (χ4n) is 5.04. The van der Waals surface area contributed by atoms with Gasteiger partial charge in [-0.2, -0.15) is 0 Å². The molecule has 260 valence electrons. The first-order valence-electron chi connectivity index (χ1n) is 16.8. The second-order valence-electron chi connectivity index (χ2n) is 14.5. The number of rotatable bonds is 10. The molecule has 0 radical (unpaired) electrons. The summed E-state index contributed by atoms with van der Waals surface area (Å²) in [4.78, 5) is 28.3. The van der Waals surface area contributed by atoms with Crippen LogP contribution < -0.4 is 15.6 Å². The van der Waals surface area contributed by atoms with Gasteiger partial charge in [0, 0.05) is 17.2 Å². The number of hydrazine groups is 1. The molecule has 0 aliphatic carbocycles. The van der Waals surface area contributed by atoms with Crippen LogP contribution in [-0.4, -0.2) is 43.4 Å². The number of hydrogen-bond donors (Lipinski definition) is 2. The summed E-state index contributed by atoms with van der Waals surface area (Å²) in [7, 11) is -2.01. The fraction of sp³-hybridized carbons (Fsp3) is 0.286. The molecular weight excluding hydrogens is 639 g/mol. The molecule has 0 saturated carbocycles. The summed E-state index contributed by atoms with van der Waals surface area (Å²) in [6.07, 6.45) is 0. The van der Waals surface area contributed by atoms with Crippen LogP contribution in [-0.2, 0) is 14.3 Å². The van der Waals surface area contributed by atoms with Crippen molar-refractivity contribution >= 4 is 31.3 Å². The second kappa shape index (κ2) is 16.1. The molecule has 0 aromatic heterocycles. The number of esters is 1. The third-order valence-corrected chi connectivity index (χ3v) is 12.9. The summed E-state index contributed by atoms with van der Waals surface area (Å²) in [6, 6.07) is 38.3. The van der Waals surface area contributed by atoms with E-state index >= 15 is 0 Å². The minimum absolute atomic E-state index is 0.0625. The normalized spacial score (nSPS) is 12.1. The predicted molar refractivity (Wildman–Crippen MR) is 205 cm³/mol. The number of ether oxygens (including phenoxy) is 1. The van der Waals surface area contributed by atoms with Gasteiger partial charge in [0.05, 0.1) is 6.54 Å². The van der Waals surface area contributed by atoms with E-state index in [0.29, 0.717) is 11.1 Å². The van der Waals surface area contributed by atoms with Gasteiger partial charge in [0.1, 0.15) is 11.4 Å². The Balaban J connectivity index is 1.89. The van der Waals surface area contributed by atoms with Gasteiger partial charge in [-0.15, -0.1) is 0 Å². The zero-order valence-corrected chi connectivity index (χ0v) is 31.4. The molecule has 0 aliphatic rings. The number of hydrogen-bond acceptors (Lipinski definition) is 6. The number of benzene rings is 4. The molecule has 0 heterocycles. The summed E-state index contributed by atoms with van der Waals surface area (Å²) in [5.41, 5.74) is 12.6. The third kappa shape index (κ3) is 9.75.